The molecule has 0 aliphatic carbocycles. The normalized spacial score (nSPS) is 17.2. The standard InChI is InChI=1S/C33H32N2O5/c1-3-40-30(36)20-29-32(37)35(22-24-13-17-28(39-2)18-14-24)31(27-16-15-25-11-7-8-12-26(25)19-27)33(38)34(29)21-23-9-5-4-6-10-23/h4-19,29,31H,3,20-22H2,1-2H3/t29-,31+/m0/s1. The molecule has 0 saturated carbocycles. The van der Waals surface area contributed by atoms with E-state index in [9.17, 15) is 14.4 Å². The second-order valence-corrected chi connectivity index (χ2v) is 9.80. The summed E-state index contributed by atoms with van der Waals surface area (Å²) in [6.45, 7) is 2.32. The Hall–Kier alpha value is -4.65. The third kappa shape index (κ3) is 5.69. The minimum atomic E-state index is -0.985. The van der Waals surface area contributed by atoms with Gasteiger partial charge in [0.05, 0.1) is 20.1 Å². The van der Waals surface area contributed by atoms with Crippen molar-refractivity contribution < 1.29 is 23.9 Å². The van der Waals surface area contributed by atoms with Crippen LogP contribution in [0.3, 0.4) is 0 Å². The number of methoxy groups -OCH3 is 1. The third-order valence-corrected chi connectivity index (χ3v) is 7.24. The zero-order valence-corrected chi connectivity index (χ0v) is 22.7. The Balaban J connectivity index is 1.59. The Labute approximate surface area is 233 Å². The highest BCUT2D eigenvalue weighted by Crippen LogP contribution is 2.35. The summed E-state index contributed by atoms with van der Waals surface area (Å²) in [5.74, 6) is -0.343. The highest BCUT2D eigenvalue weighted by Gasteiger charge is 2.47. The summed E-state index contributed by atoms with van der Waals surface area (Å²) in [6.07, 6.45) is -0.213. The average molecular weight is 537 g/mol. The maximum atomic E-state index is 14.4. The van der Waals surface area contributed by atoms with Gasteiger partial charge in [-0.2, -0.15) is 0 Å². The number of hydrogen-bond donors (Lipinski definition) is 0. The van der Waals surface area contributed by atoms with Crippen LogP contribution in [0.2, 0.25) is 0 Å². The van der Waals surface area contributed by atoms with Crippen LogP contribution < -0.4 is 4.74 Å². The van der Waals surface area contributed by atoms with Crippen molar-refractivity contribution in [3.8, 4) is 5.75 Å². The van der Waals surface area contributed by atoms with E-state index in [1.807, 2.05) is 97.1 Å². The molecule has 4 aromatic rings. The van der Waals surface area contributed by atoms with Crippen LogP contribution >= 0.6 is 0 Å². The molecule has 0 radical (unpaired) electrons. The SMILES string of the molecule is CCOC(=O)C[C@H]1C(=O)N(Cc2ccc(OC)cc2)[C@H](c2ccc3ccccc3c2)C(=O)N1Cc1ccccc1. The number of fused-ring (bicyclic) bond motifs is 1. The molecule has 1 aliphatic heterocycles. The van der Waals surface area contributed by atoms with Gasteiger partial charge in [0.2, 0.25) is 5.91 Å². The van der Waals surface area contributed by atoms with E-state index in [-0.39, 0.29) is 37.9 Å². The van der Waals surface area contributed by atoms with Gasteiger partial charge in [0, 0.05) is 13.1 Å². The summed E-state index contributed by atoms with van der Waals surface area (Å²) in [5.41, 5.74) is 2.44. The minimum absolute atomic E-state index is 0.196. The first-order valence-electron chi connectivity index (χ1n) is 13.4. The van der Waals surface area contributed by atoms with Crippen molar-refractivity contribution in [2.45, 2.75) is 38.5 Å². The van der Waals surface area contributed by atoms with Crippen LogP contribution in [-0.2, 0) is 32.2 Å². The van der Waals surface area contributed by atoms with Gasteiger partial charge in [0.1, 0.15) is 17.8 Å². The van der Waals surface area contributed by atoms with Crippen molar-refractivity contribution in [1.29, 1.82) is 0 Å². The molecule has 40 heavy (non-hydrogen) atoms. The van der Waals surface area contributed by atoms with Crippen LogP contribution in [0.15, 0.2) is 97.1 Å². The Morgan fingerprint density at radius 2 is 1.40 bits per heavy atom. The Morgan fingerprint density at radius 3 is 2.10 bits per heavy atom. The number of amides is 2. The lowest BCUT2D eigenvalue weighted by molar-refractivity contribution is -0.167. The molecule has 0 unspecified atom stereocenters. The molecule has 0 bridgehead atoms. The number of carbonyl (C=O) groups excluding carboxylic acids is 3. The number of hydrogen-bond acceptors (Lipinski definition) is 5. The largest absolute Gasteiger partial charge is 0.497 e. The van der Waals surface area contributed by atoms with E-state index in [2.05, 4.69) is 0 Å². The van der Waals surface area contributed by atoms with Gasteiger partial charge in [-0.1, -0.05) is 78.9 Å². The molecule has 7 nitrogen and oxygen atoms in total. The lowest BCUT2D eigenvalue weighted by Crippen LogP contribution is -2.61. The quantitative estimate of drug-likeness (QED) is 0.272. The average Bonchev–Trinajstić information content (AvgIpc) is 2.98. The van der Waals surface area contributed by atoms with E-state index in [1.54, 1.807) is 23.8 Å². The molecule has 0 aromatic heterocycles. The molecular formula is C33H32N2O5. The van der Waals surface area contributed by atoms with Gasteiger partial charge in [-0.25, -0.2) is 0 Å². The van der Waals surface area contributed by atoms with Crippen molar-refractivity contribution in [1.82, 2.24) is 9.80 Å². The van der Waals surface area contributed by atoms with Crippen LogP contribution in [0, 0.1) is 0 Å². The van der Waals surface area contributed by atoms with Gasteiger partial charge >= 0.3 is 5.97 Å². The molecule has 1 fully saturated rings. The van der Waals surface area contributed by atoms with E-state index in [1.165, 1.54) is 0 Å². The molecule has 1 aliphatic rings. The molecule has 5 rings (SSSR count). The number of rotatable bonds is 9. The number of ether oxygens (including phenoxy) is 2. The van der Waals surface area contributed by atoms with Crippen molar-refractivity contribution in [3.05, 3.63) is 114 Å². The number of benzene rings is 4. The number of piperazine rings is 1. The molecule has 204 valence electrons. The molecule has 7 heteroatoms. The molecule has 2 atom stereocenters. The first kappa shape index (κ1) is 26.9. The molecule has 0 N–H and O–H groups in total. The minimum Gasteiger partial charge on any atom is -0.497 e. The van der Waals surface area contributed by atoms with Crippen LogP contribution in [0.4, 0.5) is 0 Å². The monoisotopic (exact) mass is 536 g/mol. The van der Waals surface area contributed by atoms with Crippen molar-refractivity contribution in [3.63, 3.8) is 0 Å². The molecule has 1 saturated heterocycles. The predicted molar refractivity (Wildman–Crippen MR) is 152 cm³/mol. The summed E-state index contributed by atoms with van der Waals surface area (Å²) in [6, 6.07) is 28.9. The van der Waals surface area contributed by atoms with Gasteiger partial charge in [-0.15, -0.1) is 0 Å². The van der Waals surface area contributed by atoms with Crippen LogP contribution in [0.5, 0.6) is 5.75 Å². The van der Waals surface area contributed by atoms with E-state index in [0.29, 0.717) is 5.75 Å². The number of carbonyl (C=O) groups is 3. The third-order valence-electron chi connectivity index (χ3n) is 7.24. The van der Waals surface area contributed by atoms with Crippen molar-refractivity contribution in [2.24, 2.45) is 0 Å². The molecule has 0 spiro atoms. The van der Waals surface area contributed by atoms with Gasteiger partial charge in [0.15, 0.2) is 0 Å². The molecule has 2 amide bonds. The van der Waals surface area contributed by atoms with Gasteiger partial charge in [-0.3, -0.25) is 14.4 Å². The highest BCUT2D eigenvalue weighted by atomic mass is 16.5. The summed E-state index contributed by atoms with van der Waals surface area (Å²) in [5, 5.41) is 2.02. The van der Waals surface area contributed by atoms with Gasteiger partial charge in [0.25, 0.3) is 5.91 Å². The Kier molecular flexibility index (Phi) is 8.10. The summed E-state index contributed by atoms with van der Waals surface area (Å²) >= 11 is 0. The summed E-state index contributed by atoms with van der Waals surface area (Å²) < 4.78 is 10.5. The lowest BCUT2D eigenvalue weighted by atomic mass is 9.93. The second-order valence-electron chi connectivity index (χ2n) is 9.80. The first-order valence-corrected chi connectivity index (χ1v) is 13.4. The van der Waals surface area contributed by atoms with Gasteiger partial charge in [-0.05, 0) is 52.6 Å². The fourth-order valence-electron chi connectivity index (χ4n) is 5.24. The number of nitrogens with zero attached hydrogens (tertiary/aromatic N) is 2. The van der Waals surface area contributed by atoms with E-state index >= 15 is 0 Å². The van der Waals surface area contributed by atoms with E-state index in [0.717, 1.165) is 27.5 Å². The molecular weight excluding hydrogens is 504 g/mol. The first-order chi connectivity index (χ1) is 19.5. The fraction of sp³-hybridized carbons (Fsp3) is 0.242. The zero-order valence-electron chi connectivity index (χ0n) is 22.7. The fourth-order valence-corrected chi connectivity index (χ4v) is 5.24. The Morgan fingerprint density at radius 1 is 0.750 bits per heavy atom. The maximum absolute atomic E-state index is 14.4. The van der Waals surface area contributed by atoms with Crippen molar-refractivity contribution >= 4 is 28.6 Å². The lowest BCUT2D eigenvalue weighted by Gasteiger charge is -2.45. The van der Waals surface area contributed by atoms with Gasteiger partial charge < -0.3 is 19.3 Å². The predicted octanol–water partition coefficient (Wildman–Crippen LogP) is 5.28. The topological polar surface area (TPSA) is 76.1 Å². The van der Waals surface area contributed by atoms with E-state index in [4.69, 9.17) is 9.47 Å². The van der Waals surface area contributed by atoms with Crippen LogP contribution in [-0.4, -0.2) is 47.3 Å². The van der Waals surface area contributed by atoms with Crippen LogP contribution in [0.25, 0.3) is 10.8 Å². The smallest absolute Gasteiger partial charge is 0.308 e. The summed E-state index contributed by atoms with van der Waals surface area (Å²) in [4.78, 5) is 44.5. The van der Waals surface area contributed by atoms with Crippen LogP contribution in [0.1, 0.15) is 36.1 Å². The second kappa shape index (κ2) is 12.0. The maximum Gasteiger partial charge on any atom is 0.308 e. The van der Waals surface area contributed by atoms with Crippen molar-refractivity contribution in [2.75, 3.05) is 13.7 Å². The number of esters is 1. The molecule has 1 heterocycles. The van der Waals surface area contributed by atoms with E-state index < -0.39 is 18.1 Å². The Bertz CT molecular complexity index is 1500. The molecule has 4 aromatic carbocycles. The zero-order chi connectivity index (χ0) is 28.1. The summed E-state index contributed by atoms with van der Waals surface area (Å²) in [7, 11) is 1.60. The highest BCUT2D eigenvalue weighted by molar-refractivity contribution is 6.00.